The van der Waals surface area contributed by atoms with Crippen LogP contribution in [0.2, 0.25) is 0 Å². The highest BCUT2D eigenvalue weighted by Crippen LogP contribution is 2.32. The predicted octanol–water partition coefficient (Wildman–Crippen LogP) is 2.68. The van der Waals surface area contributed by atoms with Gasteiger partial charge in [0.1, 0.15) is 5.69 Å². The third kappa shape index (κ3) is 3.51. The van der Waals surface area contributed by atoms with Crippen molar-refractivity contribution in [2.45, 2.75) is 26.7 Å². The summed E-state index contributed by atoms with van der Waals surface area (Å²) in [6, 6.07) is 5.07. The van der Waals surface area contributed by atoms with E-state index in [1.807, 2.05) is 17.9 Å². The number of benzene rings is 1. The van der Waals surface area contributed by atoms with Crippen LogP contribution in [0.15, 0.2) is 18.2 Å². The van der Waals surface area contributed by atoms with Crippen molar-refractivity contribution in [2.24, 2.45) is 5.92 Å². The van der Waals surface area contributed by atoms with Crippen LogP contribution in [0.25, 0.3) is 0 Å². The number of nitro benzene ring substituents is 1. The van der Waals surface area contributed by atoms with Gasteiger partial charge in [0.05, 0.1) is 17.4 Å². The van der Waals surface area contributed by atoms with E-state index >= 15 is 0 Å². The summed E-state index contributed by atoms with van der Waals surface area (Å²) in [6.45, 7) is 5.24. The summed E-state index contributed by atoms with van der Waals surface area (Å²) in [7, 11) is 0. The minimum Gasteiger partial charge on any atom is -0.466 e. The van der Waals surface area contributed by atoms with Gasteiger partial charge in [-0.05, 0) is 38.3 Å². The topological polar surface area (TPSA) is 72.7 Å². The number of anilines is 1. The van der Waals surface area contributed by atoms with Gasteiger partial charge in [-0.1, -0.05) is 6.07 Å². The van der Waals surface area contributed by atoms with Crippen molar-refractivity contribution in [3.63, 3.8) is 0 Å². The summed E-state index contributed by atoms with van der Waals surface area (Å²) in [5.74, 6) is -0.420. The molecule has 1 saturated heterocycles. The third-order valence-corrected chi connectivity index (χ3v) is 3.71. The zero-order valence-corrected chi connectivity index (χ0v) is 12.4. The molecule has 1 aromatic carbocycles. The summed E-state index contributed by atoms with van der Waals surface area (Å²) in [5.41, 5.74) is 1.65. The van der Waals surface area contributed by atoms with Crippen LogP contribution in [0.5, 0.6) is 0 Å². The zero-order valence-electron chi connectivity index (χ0n) is 12.4. The second-order valence-electron chi connectivity index (χ2n) is 5.29. The molecule has 1 unspecified atom stereocenters. The Morgan fingerprint density at radius 1 is 1.52 bits per heavy atom. The predicted molar refractivity (Wildman–Crippen MR) is 79.4 cm³/mol. The SMILES string of the molecule is CCOC(=O)C1CCCN(c2cc(C)ccc2[N+](=O)[O-])C1. The van der Waals surface area contributed by atoms with E-state index in [9.17, 15) is 14.9 Å². The summed E-state index contributed by atoms with van der Waals surface area (Å²) in [4.78, 5) is 24.6. The Labute approximate surface area is 123 Å². The molecule has 0 spiro atoms. The molecule has 1 heterocycles. The number of hydrogen-bond acceptors (Lipinski definition) is 5. The molecule has 0 saturated carbocycles. The molecule has 0 amide bonds. The van der Waals surface area contributed by atoms with Crippen LogP contribution < -0.4 is 4.90 Å². The molecule has 6 heteroatoms. The molecule has 0 bridgehead atoms. The largest absolute Gasteiger partial charge is 0.466 e. The molecule has 1 atom stereocenters. The first-order chi connectivity index (χ1) is 10.0. The van der Waals surface area contributed by atoms with Crippen LogP contribution in [-0.4, -0.2) is 30.6 Å². The standard InChI is InChI=1S/C15H20N2O4/c1-3-21-15(18)12-5-4-8-16(10-12)14-9-11(2)6-7-13(14)17(19)20/h6-7,9,12H,3-5,8,10H2,1-2H3. The van der Waals surface area contributed by atoms with Crippen molar-refractivity contribution in [3.05, 3.63) is 33.9 Å². The molecule has 114 valence electrons. The lowest BCUT2D eigenvalue weighted by molar-refractivity contribution is -0.384. The number of nitrogens with zero attached hydrogens (tertiary/aromatic N) is 2. The normalized spacial score (nSPS) is 18.4. The minimum absolute atomic E-state index is 0.0881. The molecular weight excluding hydrogens is 272 g/mol. The number of ether oxygens (including phenoxy) is 1. The molecule has 1 aliphatic rings. The highest BCUT2D eigenvalue weighted by molar-refractivity contribution is 5.74. The lowest BCUT2D eigenvalue weighted by Gasteiger charge is -2.33. The lowest BCUT2D eigenvalue weighted by atomic mass is 9.97. The summed E-state index contributed by atoms with van der Waals surface area (Å²) >= 11 is 0. The van der Waals surface area contributed by atoms with E-state index in [1.165, 1.54) is 6.07 Å². The maximum atomic E-state index is 11.9. The van der Waals surface area contributed by atoms with E-state index in [-0.39, 0.29) is 22.5 Å². The quantitative estimate of drug-likeness (QED) is 0.484. The lowest BCUT2D eigenvalue weighted by Crippen LogP contribution is -2.39. The average molecular weight is 292 g/mol. The van der Waals surface area contributed by atoms with Gasteiger partial charge < -0.3 is 9.64 Å². The number of piperidine rings is 1. The van der Waals surface area contributed by atoms with Crippen molar-refractivity contribution in [1.29, 1.82) is 0 Å². The van der Waals surface area contributed by atoms with Crippen molar-refractivity contribution in [1.82, 2.24) is 0 Å². The van der Waals surface area contributed by atoms with Gasteiger partial charge in [-0.3, -0.25) is 14.9 Å². The molecule has 1 aromatic rings. The number of aryl methyl sites for hydroxylation is 1. The summed E-state index contributed by atoms with van der Waals surface area (Å²) < 4.78 is 5.07. The molecule has 0 aliphatic carbocycles. The van der Waals surface area contributed by atoms with Crippen molar-refractivity contribution in [2.75, 3.05) is 24.6 Å². The monoisotopic (exact) mass is 292 g/mol. The van der Waals surface area contributed by atoms with Crippen LogP contribution >= 0.6 is 0 Å². The molecule has 0 N–H and O–H groups in total. The second-order valence-corrected chi connectivity index (χ2v) is 5.29. The molecule has 2 rings (SSSR count). The Balaban J connectivity index is 2.23. The van der Waals surface area contributed by atoms with Gasteiger partial charge in [0.25, 0.3) is 5.69 Å². The van der Waals surface area contributed by atoms with E-state index in [2.05, 4.69) is 0 Å². The first-order valence-corrected chi connectivity index (χ1v) is 7.19. The number of carbonyl (C=O) groups excluding carboxylic acids is 1. The number of esters is 1. The van der Waals surface area contributed by atoms with E-state index < -0.39 is 0 Å². The molecule has 1 aliphatic heterocycles. The van der Waals surface area contributed by atoms with Gasteiger partial charge in [-0.25, -0.2) is 0 Å². The Kier molecular flexibility index (Phi) is 4.77. The van der Waals surface area contributed by atoms with Gasteiger partial charge >= 0.3 is 5.97 Å². The zero-order chi connectivity index (χ0) is 15.4. The van der Waals surface area contributed by atoms with E-state index in [4.69, 9.17) is 4.74 Å². The molecular formula is C15H20N2O4. The number of hydrogen-bond donors (Lipinski definition) is 0. The van der Waals surface area contributed by atoms with E-state index in [0.29, 0.717) is 18.8 Å². The van der Waals surface area contributed by atoms with Crippen LogP contribution in [0.1, 0.15) is 25.3 Å². The second kappa shape index (κ2) is 6.56. The number of carbonyl (C=O) groups is 1. The smallest absolute Gasteiger partial charge is 0.310 e. The first kappa shape index (κ1) is 15.3. The maximum Gasteiger partial charge on any atom is 0.310 e. The Bertz CT molecular complexity index is 544. The van der Waals surface area contributed by atoms with Gasteiger partial charge in [-0.2, -0.15) is 0 Å². The number of rotatable bonds is 4. The minimum atomic E-state index is -0.372. The molecule has 1 fully saturated rings. The maximum absolute atomic E-state index is 11.9. The van der Waals surface area contributed by atoms with Crippen molar-refractivity contribution < 1.29 is 14.5 Å². The fourth-order valence-corrected chi connectivity index (χ4v) is 2.69. The van der Waals surface area contributed by atoms with Gasteiger partial charge in [-0.15, -0.1) is 0 Å². The van der Waals surface area contributed by atoms with Crippen LogP contribution in [0.4, 0.5) is 11.4 Å². The van der Waals surface area contributed by atoms with Crippen LogP contribution in [-0.2, 0) is 9.53 Å². The molecule has 0 aromatic heterocycles. The third-order valence-electron chi connectivity index (χ3n) is 3.71. The molecule has 0 radical (unpaired) electrons. The van der Waals surface area contributed by atoms with Gasteiger partial charge in [0.15, 0.2) is 0 Å². The van der Waals surface area contributed by atoms with Gasteiger partial charge in [0.2, 0.25) is 0 Å². The Hall–Kier alpha value is -2.11. The van der Waals surface area contributed by atoms with E-state index in [1.54, 1.807) is 13.0 Å². The highest BCUT2D eigenvalue weighted by Gasteiger charge is 2.30. The van der Waals surface area contributed by atoms with Crippen LogP contribution in [0, 0.1) is 23.0 Å². The fourth-order valence-electron chi connectivity index (χ4n) is 2.69. The Morgan fingerprint density at radius 2 is 2.29 bits per heavy atom. The summed E-state index contributed by atoms with van der Waals surface area (Å²) in [5, 5.41) is 11.2. The molecule has 21 heavy (non-hydrogen) atoms. The Morgan fingerprint density at radius 3 is 2.95 bits per heavy atom. The van der Waals surface area contributed by atoms with Gasteiger partial charge in [0, 0.05) is 19.2 Å². The van der Waals surface area contributed by atoms with Crippen molar-refractivity contribution in [3.8, 4) is 0 Å². The highest BCUT2D eigenvalue weighted by atomic mass is 16.6. The fraction of sp³-hybridized carbons (Fsp3) is 0.533. The average Bonchev–Trinajstić information content (AvgIpc) is 2.47. The number of nitro groups is 1. The van der Waals surface area contributed by atoms with Crippen molar-refractivity contribution >= 4 is 17.3 Å². The molecule has 6 nitrogen and oxygen atoms in total. The van der Waals surface area contributed by atoms with E-state index in [0.717, 1.165) is 24.9 Å². The van der Waals surface area contributed by atoms with Crippen LogP contribution in [0.3, 0.4) is 0 Å². The summed E-state index contributed by atoms with van der Waals surface area (Å²) in [6.07, 6.45) is 1.60. The first-order valence-electron chi connectivity index (χ1n) is 7.19.